The van der Waals surface area contributed by atoms with Crippen LogP contribution in [0.2, 0.25) is 0 Å². The van der Waals surface area contributed by atoms with Gasteiger partial charge < -0.3 is 5.11 Å². The van der Waals surface area contributed by atoms with E-state index < -0.39 is 5.97 Å². The number of imidazole rings is 1. The van der Waals surface area contributed by atoms with E-state index in [1.807, 2.05) is 12.1 Å². The van der Waals surface area contributed by atoms with Crippen molar-refractivity contribution in [1.82, 2.24) is 24.1 Å². The molecule has 18 heavy (non-hydrogen) atoms. The quantitative estimate of drug-likeness (QED) is 0.720. The first kappa shape index (κ1) is 10.5. The molecule has 0 spiro atoms. The number of nitrogens with zero attached hydrogens (tertiary/aromatic N) is 5. The number of carboxylic acids is 1. The summed E-state index contributed by atoms with van der Waals surface area (Å²) >= 11 is 0. The van der Waals surface area contributed by atoms with Crippen LogP contribution in [0.3, 0.4) is 0 Å². The maximum Gasteiger partial charge on any atom is 0.356 e. The molecule has 7 heteroatoms. The molecule has 0 aliphatic rings. The average molecular weight is 243 g/mol. The molecular formula is C11H9N5O2. The monoisotopic (exact) mass is 243 g/mol. The van der Waals surface area contributed by atoms with Gasteiger partial charge in [0.1, 0.15) is 5.69 Å². The summed E-state index contributed by atoms with van der Waals surface area (Å²) in [4.78, 5) is 19.2. The normalized spacial score (nSPS) is 10.9. The zero-order valence-electron chi connectivity index (χ0n) is 9.48. The molecule has 0 aromatic carbocycles. The minimum Gasteiger partial charge on any atom is -0.476 e. The fourth-order valence-electron chi connectivity index (χ4n) is 1.78. The Labute approximate surface area is 101 Å². The minimum atomic E-state index is -1.06. The highest BCUT2D eigenvalue weighted by Gasteiger charge is 2.18. The molecule has 1 N–H and O–H groups in total. The van der Waals surface area contributed by atoms with Gasteiger partial charge in [-0.15, -0.1) is 5.10 Å². The smallest absolute Gasteiger partial charge is 0.356 e. The number of fused-ring (bicyclic) bond motifs is 1. The maximum absolute atomic E-state index is 11.0. The Morgan fingerprint density at radius 1 is 1.33 bits per heavy atom. The summed E-state index contributed by atoms with van der Waals surface area (Å²) in [6, 6.07) is 5.46. The Morgan fingerprint density at radius 3 is 2.83 bits per heavy atom. The van der Waals surface area contributed by atoms with Gasteiger partial charge in [0.15, 0.2) is 11.5 Å². The lowest BCUT2D eigenvalue weighted by Gasteiger charge is -1.97. The molecule has 0 amide bonds. The predicted molar refractivity (Wildman–Crippen MR) is 62.1 cm³/mol. The second-order valence-electron chi connectivity index (χ2n) is 3.76. The van der Waals surface area contributed by atoms with E-state index >= 15 is 0 Å². The summed E-state index contributed by atoms with van der Waals surface area (Å²) in [5, 5.41) is 13.3. The van der Waals surface area contributed by atoms with Crippen LogP contribution in [0.4, 0.5) is 0 Å². The van der Waals surface area contributed by atoms with Crippen molar-refractivity contribution in [3.05, 3.63) is 36.3 Å². The minimum absolute atomic E-state index is 0.0304. The van der Waals surface area contributed by atoms with Crippen molar-refractivity contribution in [2.75, 3.05) is 0 Å². The lowest BCUT2D eigenvalue weighted by atomic mass is 10.3. The van der Waals surface area contributed by atoms with E-state index in [2.05, 4.69) is 15.1 Å². The van der Waals surface area contributed by atoms with Gasteiger partial charge in [-0.3, -0.25) is 9.55 Å². The second-order valence-corrected chi connectivity index (χ2v) is 3.76. The summed E-state index contributed by atoms with van der Waals surface area (Å²) in [5.74, 6) is -0.0255. The standard InChI is InChI=1S/C11H9N5O2/c1-15-9(7-4-2-3-5-12-7)14-16-8(10(17)18)6-13-11(15)16/h2-6H,1H3,(H,17,18). The van der Waals surface area contributed by atoms with E-state index in [9.17, 15) is 4.79 Å². The number of carboxylic acid groups (broad SMARTS) is 1. The van der Waals surface area contributed by atoms with Gasteiger partial charge in [-0.1, -0.05) is 6.07 Å². The Morgan fingerprint density at radius 2 is 2.17 bits per heavy atom. The number of rotatable bonds is 2. The van der Waals surface area contributed by atoms with Gasteiger partial charge in [0.2, 0.25) is 5.78 Å². The van der Waals surface area contributed by atoms with Gasteiger partial charge in [0.25, 0.3) is 0 Å². The third-order valence-electron chi connectivity index (χ3n) is 2.65. The van der Waals surface area contributed by atoms with Crippen molar-refractivity contribution in [3.63, 3.8) is 0 Å². The molecular weight excluding hydrogens is 234 g/mol. The van der Waals surface area contributed by atoms with E-state index in [1.54, 1.807) is 23.9 Å². The number of carbonyl (C=O) groups is 1. The van der Waals surface area contributed by atoms with Crippen molar-refractivity contribution in [2.24, 2.45) is 7.05 Å². The maximum atomic E-state index is 11.0. The number of aromatic nitrogens is 5. The molecule has 0 atom stereocenters. The van der Waals surface area contributed by atoms with E-state index in [4.69, 9.17) is 5.11 Å². The molecule has 0 aliphatic heterocycles. The Bertz CT molecular complexity index is 729. The number of aromatic carboxylic acids is 1. The summed E-state index contributed by atoms with van der Waals surface area (Å²) in [6.07, 6.45) is 2.94. The fraction of sp³-hybridized carbons (Fsp3) is 0.0909. The number of pyridine rings is 1. The summed E-state index contributed by atoms with van der Waals surface area (Å²) in [6.45, 7) is 0. The van der Waals surface area contributed by atoms with Crippen LogP contribution in [0.15, 0.2) is 30.6 Å². The van der Waals surface area contributed by atoms with Crippen LogP contribution in [0.5, 0.6) is 0 Å². The first-order valence-electron chi connectivity index (χ1n) is 5.23. The lowest BCUT2D eigenvalue weighted by molar-refractivity contribution is 0.0688. The van der Waals surface area contributed by atoms with Crippen molar-refractivity contribution < 1.29 is 9.90 Å². The molecule has 7 nitrogen and oxygen atoms in total. The largest absolute Gasteiger partial charge is 0.476 e. The zero-order valence-corrected chi connectivity index (χ0v) is 9.48. The fourth-order valence-corrected chi connectivity index (χ4v) is 1.78. The van der Waals surface area contributed by atoms with Crippen LogP contribution in [0, 0.1) is 0 Å². The predicted octanol–water partition coefficient (Wildman–Crippen LogP) is 0.828. The van der Waals surface area contributed by atoms with Crippen LogP contribution in [-0.2, 0) is 7.05 Å². The van der Waals surface area contributed by atoms with Crippen LogP contribution >= 0.6 is 0 Å². The van der Waals surface area contributed by atoms with E-state index in [1.165, 1.54) is 10.7 Å². The van der Waals surface area contributed by atoms with E-state index in [0.717, 1.165) is 0 Å². The molecule has 0 fully saturated rings. The first-order valence-corrected chi connectivity index (χ1v) is 5.23. The molecule has 3 rings (SSSR count). The molecule has 0 saturated heterocycles. The van der Waals surface area contributed by atoms with Gasteiger partial charge in [-0.2, -0.15) is 4.52 Å². The molecule has 0 aliphatic carbocycles. The molecule has 3 aromatic rings. The molecule has 0 bridgehead atoms. The molecule has 0 radical (unpaired) electrons. The third-order valence-corrected chi connectivity index (χ3v) is 2.65. The van der Waals surface area contributed by atoms with Crippen molar-refractivity contribution in [3.8, 4) is 11.5 Å². The molecule has 3 heterocycles. The summed E-state index contributed by atoms with van der Waals surface area (Å²) in [5.41, 5.74) is 0.699. The molecule has 90 valence electrons. The number of hydrogen-bond donors (Lipinski definition) is 1. The topological polar surface area (TPSA) is 85.3 Å². The third kappa shape index (κ3) is 1.37. The summed E-state index contributed by atoms with van der Waals surface area (Å²) < 4.78 is 3.00. The Kier molecular flexibility index (Phi) is 2.12. The molecule has 0 saturated carbocycles. The van der Waals surface area contributed by atoms with Crippen molar-refractivity contribution in [1.29, 1.82) is 0 Å². The van der Waals surface area contributed by atoms with Crippen molar-refractivity contribution >= 4 is 11.7 Å². The Balaban J connectivity index is 2.27. The second kappa shape index (κ2) is 3.66. The first-order chi connectivity index (χ1) is 8.68. The highest BCUT2D eigenvalue weighted by molar-refractivity contribution is 5.86. The van der Waals surface area contributed by atoms with Gasteiger partial charge in [-0.05, 0) is 12.1 Å². The van der Waals surface area contributed by atoms with Gasteiger partial charge in [-0.25, -0.2) is 9.78 Å². The van der Waals surface area contributed by atoms with Crippen LogP contribution in [0.1, 0.15) is 10.5 Å². The molecule has 3 aromatic heterocycles. The van der Waals surface area contributed by atoms with Gasteiger partial charge in [0, 0.05) is 13.2 Å². The lowest BCUT2D eigenvalue weighted by Crippen LogP contribution is -2.01. The highest BCUT2D eigenvalue weighted by atomic mass is 16.4. The van der Waals surface area contributed by atoms with E-state index in [0.29, 0.717) is 17.3 Å². The van der Waals surface area contributed by atoms with Crippen molar-refractivity contribution in [2.45, 2.75) is 0 Å². The number of aryl methyl sites for hydroxylation is 1. The van der Waals surface area contributed by atoms with Crippen LogP contribution in [0.25, 0.3) is 17.3 Å². The summed E-state index contributed by atoms with van der Waals surface area (Å²) in [7, 11) is 1.77. The highest BCUT2D eigenvalue weighted by Crippen LogP contribution is 2.17. The van der Waals surface area contributed by atoms with Crippen LogP contribution < -0.4 is 0 Å². The van der Waals surface area contributed by atoms with Crippen LogP contribution in [-0.4, -0.2) is 35.2 Å². The average Bonchev–Trinajstić information content (AvgIpc) is 2.91. The number of hydrogen-bond acceptors (Lipinski definition) is 4. The van der Waals surface area contributed by atoms with Gasteiger partial charge >= 0.3 is 5.97 Å². The molecule has 0 unspecified atom stereocenters. The van der Waals surface area contributed by atoms with E-state index in [-0.39, 0.29) is 5.69 Å². The van der Waals surface area contributed by atoms with Gasteiger partial charge in [0.05, 0.1) is 6.20 Å². The SMILES string of the molecule is Cn1c(-c2ccccn2)nn2c(C(=O)O)cnc12. The zero-order chi connectivity index (χ0) is 12.7. The Hall–Kier alpha value is -2.70.